The van der Waals surface area contributed by atoms with Crippen molar-refractivity contribution in [3.63, 3.8) is 0 Å². The van der Waals surface area contributed by atoms with Crippen LogP contribution in [0.2, 0.25) is 0 Å². The Morgan fingerprint density at radius 3 is 2.14 bits per heavy atom. The zero-order valence-corrected chi connectivity index (χ0v) is 15.6. The molecule has 0 aromatic heterocycles. The molecule has 3 aromatic rings. The molecule has 0 aliphatic heterocycles. The number of rotatable bonds is 6. The molecule has 0 saturated heterocycles. The van der Waals surface area contributed by atoms with Crippen molar-refractivity contribution in [3.8, 4) is 5.75 Å². The van der Waals surface area contributed by atoms with Gasteiger partial charge < -0.3 is 4.74 Å². The van der Waals surface area contributed by atoms with Crippen molar-refractivity contribution in [1.29, 1.82) is 0 Å². The summed E-state index contributed by atoms with van der Waals surface area (Å²) in [4.78, 5) is 24.4. The first-order chi connectivity index (χ1) is 13.6. The normalized spacial score (nSPS) is 10.2. The fourth-order valence-electron chi connectivity index (χ4n) is 2.71. The SMILES string of the molecule is Cc1ccccc1C(=O)NNC(=O)c1ccc(OCCc2ccccc2)cc1. The van der Waals surface area contributed by atoms with Crippen LogP contribution in [0.5, 0.6) is 5.75 Å². The first-order valence-electron chi connectivity index (χ1n) is 9.06. The van der Waals surface area contributed by atoms with Crippen LogP contribution in [0.15, 0.2) is 78.9 Å². The van der Waals surface area contributed by atoms with Gasteiger partial charge in [0.25, 0.3) is 11.8 Å². The minimum Gasteiger partial charge on any atom is -0.493 e. The molecule has 0 unspecified atom stereocenters. The third-order valence-corrected chi connectivity index (χ3v) is 4.30. The molecule has 0 spiro atoms. The highest BCUT2D eigenvalue weighted by molar-refractivity contribution is 5.99. The van der Waals surface area contributed by atoms with Gasteiger partial charge in [0.1, 0.15) is 5.75 Å². The molecule has 2 N–H and O–H groups in total. The monoisotopic (exact) mass is 374 g/mol. The van der Waals surface area contributed by atoms with Gasteiger partial charge in [-0.05, 0) is 48.4 Å². The summed E-state index contributed by atoms with van der Waals surface area (Å²) in [5, 5.41) is 0. The van der Waals surface area contributed by atoms with E-state index in [1.807, 2.05) is 37.3 Å². The van der Waals surface area contributed by atoms with Gasteiger partial charge in [-0.1, -0.05) is 48.5 Å². The van der Waals surface area contributed by atoms with Crippen LogP contribution >= 0.6 is 0 Å². The second kappa shape index (κ2) is 9.37. The van der Waals surface area contributed by atoms with Gasteiger partial charge in [0, 0.05) is 17.5 Å². The van der Waals surface area contributed by atoms with E-state index in [-0.39, 0.29) is 5.91 Å². The first kappa shape index (κ1) is 19.2. The molecule has 142 valence electrons. The Kier molecular flexibility index (Phi) is 6.41. The van der Waals surface area contributed by atoms with Gasteiger partial charge in [-0.15, -0.1) is 0 Å². The summed E-state index contributed by atoms with van der Waals surface area (Å²) in [6.45, 7) is 2.40. The van der Waals surface area contributed by atoms with Crippen LogP contribution in [0.1, 0.15) is 31.8 Å². The van der Waals surface area contributed by atoms with Crippen LogP contribution < -0.4 is 15.6 Å². The molecular formula is C23H22N2O3. The van der Waals surface area contributed by atoms with Crippen molar-refractivity contribution in [1.82, 2.24) is 10.9 Å². The third-order valence-electron chi connectivity index (χ3n) is 4.30. The molecule has 0 aliphatic rings. The lowest BCUT2D eigenvalue weighted by atomic mass is 10.1. The third kappa shape index (κ3) is 5.20. The van der Waals surface area contributed by atoms with E-state index in [0.29, 0.717) is 23.5 Å². The standard InChI is InChI=1S/C23H22N2O3/c1-17-7-5-6-10-21(17)23(27)25-24-22(26)19-11-13-20(14-12-19)28-16-15-18-8-3-2-4-9-18/h2-14H,15-16H2,1H3,(H,24,26)(H,25,27). The van der Waals surface area contributed by atoms with E-state index in [0.717, 1.165) is 12.0 Å². The van der Waals surface area contributed by atoms with Crippen molar-refractivity contribution in [2.45, 2.75) is 13.3 Å². The lowest BCUT2D eigenvalue weighted by Crippen LogP contribution is -2.41. The topological polar surface area (TPSA) is 67.4 Å². The average molecular weight is 374 g/mol. The summed E-state index contributed by atoms with van der Waals surface area (Å²) in [7, 11) is 0. The van der Waals surface area contributed by atoms with Crippen molar-refractivity contribution < 1.29 is 14.3 Å². The molecule has 0 saturated carbocycles. The molecule has 0 radical (unpaired) electrons. The van der Waals surface area contributed by atoms with E-state index in [4.69, 9.17) is 4.74 Å². The maximum absolute atomic E-state index is 12.2. The highest BCUT2D eigenvalue weighted by atomic mass is 16.5. The van der Waals surface area contributed by atoms with Crippen LogP contribution in [0.25, 0.3) is 0 Å². The Balaban J connectivity index is 1.48. The predicted octanol–water partition coefficient (Wildman–Crippen LogP) is 3.69. The molecule has 2 amide bonds. The average Bonchev–Trinajstić information content (AvgIpc) is 2.73. The zero-order valence-electron chi connectivity index (χ0n) is 15.6. The number of hydrogen-bond donors (Lipinski definition) is 2. The summed E-state index contributed by atoms with van der Waals surface area (Å²) in [6.07, 6.45) is 0.814. The van der Waals surface area contributed by atoms with Crippen molar-refractivity contribution >= 4 is 11.8 Å². The maximum atomic E-state index is 12.2. The molecule has 0 bridgehead atoms. The van der Waals surface area contributed by atoms with Gasteiger partial charge >= 0.3 is 0 Å². The van der Waals surface area contributed by atoms with E-state index in [1.54, 1.807) is 36.4 Å². The van der Waals surface area contributed by atoms with Crippen molar-refractivity contribution in [2.24, 2.45) is 0 Å². The van der Waals surface area contributed by atoms with Crippen LogP contribution in [-0.4, -0.2) is 18.4 Å². The molecule has 3 aromatic carbocycles. The molecule has 5 heteroatoms. The van der Waals surface area contributed by atoms with Crippen LogP contribution in [0, 0.1) is 6.92 Å². The van der Waals surface area contributed by atoms with Crippen LogP contribution in [0.3, 0.4) is 0 Å². The fourth-order valence-corrected chi connectivity index (χ4v) is 2.71. The van der Waals surface area contributed by atoms with Crippen molar-refractivity contribution in [3.05, 3.63) is 101 Å². The number of hydrogen-bond acceptors (Lipinski definition) is 3. The Hall–Kier alpha value is -3.60. The molecule has 5 nitrogen and oxygen atoms in total. The quantitative estimate of drug-likeness (QED) is 0.647. The minimum atomic E-state index is -0.391. The van der Waals surface area contributed by atoms with Gasteiger partial charge in [-0.2, -0.15) is 0 Å². The Morgan fingerprint density at radius 1 is 0.786 bits per heavy atom. The second-order valence-electron chi connectivity index (χ2n) is 6.33. The van der Waals surface area contributed by atoms with E-state index in [1.165, 1.54) is 5.56 Å². The number of benzene rings is 3. The van der Waals surface area contributed by atoms with E-state index in [9.17, 15) is 9.59 Å². The summed E-state index contributed by atoms with van der Waals surface area (Å²) in [6, 6.07) is 24.1. The molecule has 3 rings (SSSR count). The predicted molar refractivity (Wildman–Crippen MR) is 108 cm³/mol. The molecular weight excluding hydrogens is 352 g/mol. The summed E-state index contributed by atoms with van der Waals surface area (Å²) < 4.78 is 5.71. The van der Waals surface area contributed by atoms with Crippen LogP contribution in [-0.2, 0) is 6.42 Å². The summed E-state index contributed by atoms with van der Waals surface area (Å²) >= 11 is 0. The summed E-state index contributed by atoms with van der Waals surface area (Å²) in [5.74, 6) is -0.0542. The lowest BCUT2D eigenvalue weighted by molar-refractivity contribution is 0.0846. The minimum absolute atomic E-state index is 0.354. The molecule has 0 atom stereocenters. The lowest BCUT2D eigenvalue weighted by Gasteiger charge is -2.10. The zero-order chi connectivity index (χ0) is 19.8. The Bertz CT molecular complexity index is 938. The van der Waals surface area contributed by atoms with Gasteiger partial charge in [0.2, 0.25) is 0 Å². The number of hydrazine groups is 1. The smallest absolute Gasteiger partial charge is 0.269 e. The number of aryl methyl sites for hydroxylation is 1. The molecule has 0 fully saturated rings. The summed E-state index contributed by atoms with van der Waals surface area (Å²) in [5.41, 5.74) is 7.86. The van der Waals surface area contributed by atoms with Crippen molar-refractivity contribution in [2.75, 3.05) is 6.61 Å². The number of carbonyl (C=O) groups is 2. The number of amides is 2. The highest BCUT2D eigenvalue weighted by Gasteiger charge is 2.10. The fraction of sp³-hybridized carbons (Fsp3) is 0.130. The molecule has 28 heavy (non-hydrogen) atoms. The van der Waals surface area contributed by atoms with Gasteiger partial charge in [-0.25, -0.2) is 0 Å². The highest BCUT2D eigenvalue weighted by Crippen LogP contribution is 2.13. The largest absolute Gasteiger partial charge is 0.493 e. The van der Waals surface area contributed by atoms with Gasteiger partial charge in [0.05, 0.1) is 6.61 Å². The van der Waals surface area contributed by atoms with Gasteiger partial charge in [0.15, 0.2) is 0 Å². The Labute approximate surface area is 164 Å². The number of ether oxygens (including phenoxy) is 1. The van der Waals surface area contributed by atoms with E-state index in [2.05, 4.69) is 23.0 Å². The first-order valence-corrected chi connectivity index (χ1v) is 9.06. The van der Waals surface area contributed by atoms with Gasteiger partial charge in [-0.3, -0.25) is 20.4 Å². The number of carbonyl (C=O) groups excluding carboxylic acids is 2. The van der Waals surface area contributed by atoms with E-state index < -0.39 is 5.91 Å². The Morgan fingerprint density at radius 2 is 1.43 bits per heavy atom. The molecule has 0 aliphatic carbocycles. The van der Waals surface area contributed by atoms with Crippen LogP contribution in [0.4, 0.5) is 0 Å². The molecule has 0 heterocycles. The number of nitrogens with one attached hydrogen (secondary N) is 2. The van der Waals surface area contributed by atoms with E-state index >= 15 is 0 Å². The second-order valence-corrected chi connectivity index (χ2v) is 6.33. The maximum Gasteiger partial charge on any atom is 0.269 e.